The molecular formula is C64H40N4. The van der Waals surface area contributed by atoms with Crippen molar-refractivity contribution >= 4 is 16.3 Å². The summed E-state index contributed by atoms with van der Waals surface area (Å²) in [7, 11) is 0. The second-order valence-corrected chi connectivity index (χ2v) is 17.9. The van der Waals surface area contributed by atoms with E-state index in [9.17, 15) is 0 Å². The molecule has 4 heteroatoms. The minimum Gasteiger partial charge on any atom is -0.231 e. The lowest BCUT2D eigenvalue weighted by Gasteiger charge is -2.30. The normalized spacial score (nSPS) is 12.8. The summed E-state index contributed by atoms with van der Waals surface area (Å²) in [5.74, 6) is 0.669. The van der Waals surface area contributed by atoms with Gasteiger partial charge in [-0.1, -0.05) is 224 Å². The zero-order valence-corrected chi connectivity index (χ0v) is 36.9. The summed E-state index contributed by atoms with van der Waals surface area (Å²) >= 11 is 0. The number of fused-ring (bicyclic) bond motifs is 13. The molecule has 1 spiro atoms. The standard InChI is InChI=1S/C64H40N4/c1-4-18-41(19-5-1)57-40-58(47-36-37-52-51-28-14-17-31-55(51)64(56(52)38-47)53-29-15-12-26-49(53)50-27-13-16-30-54(50)64)66-63(65-57)45-34-32-43(33-35-45)60-61(44-22-8-3-9-23-44)67-68-59(42-20-6-2-7-21-42)39-46-24-10-11-25-48(46)62(60)68/h1-40H. The minimum absolute atomic E-state index is 0.451. The first kappa shape index (κ1) is 38.3. The van der Waals surface area contributed by atoms with Crippen LogP contribution >= 0.6 is 0 Å². The van der Waals surface area contributed by atoms with Crippen molar-refractivity contribution in [3.63, 3.8) is 0 Å². The van der Waals surface area contributed by atoms with E-state index in [1.54, 1.807) is 0 Å². The lowest BCUT2D eigenvalue weighted by atomic mass is 9.70. The fraction of sp³-hybridized carbons (Fsp3) is 0.0156. The molecule has 3 aromatic heterocycles. The first-order valence-corrected chi connectivity index (χ1v) is 23.3. The topological polar surface area (TPSA) is 43.1 Å². The molecule has 4 nitrogen and oxygen atoms in total. The molecule has 0 saturated heterocycles. The zero-order valence-electron chi connectivity index (χ0n) is 36.9. The van der Waals surface area contributed by atoms with Gasteiger partial charge < -0.3 is 0 Å². The van der Waals surface area contributed by atoms with Crippen LogP contribution in [0.1, 0.15) is 22.3 Å². The molecule has 2 aliphatic rings. The quantitative estimate of drug-likeness (QED) is 0.167. The zero-order chi connectivity index (χ0) is 44.8. The molecule has 68 heavy (non-hydrogen) atoms. The summed E-state index contributed by atoms with van der Waals surface area (Å²) in [6.45, 7) is 0. The highest BCUT2D eigenvalue weighted by molar-refractivity contribution is 6.08. The Bertz CT molecular complexity index is 3880. The van der Waals surface area contributed by atoms with Crippen LogP contribution in [0.25, 0.3) is 106 Å². The summed E-state index contributed by atoms with van der Waals surface area (Å²) in [5, 5.41) is 7.75. The number of benzene rings is 9. The van der Waals surface area contributed by atoms with E-state index in [1.807, 2.05) is 0 Å². The monoisotopic (exact) mass is 864 g/mol. The van der Waals surface area contributed by atoms with E-state index in [-0.39, 0.29) is 0 Å². The summed E-state index contributed by atoms with van der Waals surface area (Å²) in [6.07, 6.45) is 0. The van der Waals surface area contributed by atoms with E-state index in [1.165, 1.54) is 44.5 Å². The molecular weight excluding hydrogens is 825 g/mol. The Morgan fingerprint density at radius 1 is 0.338 bits per heavy atom. The molecule has 12 aromatic rings. The van der Waals surface area contributed by atoms with Crippen LogP contribution in [0, 0.1) is 0 Å². The van der Waals surface area contributed by atoms with Crippen molar-refractivity contribution < 1.29 is 0 Å². The molecule has 0 atom stereocenters. The van der Waals surface area contributed by atoms with Gasteiger partial charge >= 0.3 is 0 Å². The van der Waals surface area contributed by atoms with E-state index >= 15 is 0 Å². The predicted molar refractivity (Wildman–Crippen MR) is 277 cm³/mol. The predicted octanol–water partition coefficient (Wildman–Crippen LogP) is 15.6. The Balaban J connectivity index is 0.950. The van der Waals surface area contributed by atoms with E-state index in [4.69, 9.17) is 15.1 Å². The second kappa shape index (κ2) is 15.0. The van der Waals surface area contributed by atoms with Crippen molar-refractivity contribution in [1.29, 1.82) is 0 Å². The molecule has 0 aliphatic heterocycles. The maximum atomic E-state index is 5.44. The largest absolute Gasteiger partial charge is 0.231 e. The van der Waals surface area contributed by atoms with Gasteiger partial charge in [-0.05, 0) is 73.7 Å². The molecule has 0 saturated carbocycles. The Morgan fingerprint density at radius 2 is 0.824 bits per heavy atom. The average molecular weight is 865 g/mol. The van der Waals surface area contributed by atoms with Gasteiger partial charge in [-0.3, -0.25) is 0 Å². The van der Waals surface area contributed by atoms with Gasteiger partial charge in [0.05, 0.1) is 28.0 Å². The van der Waals surface area contributed by atoms with Crippen LogP contribution in [-0.2, 0) is 5.41 Å². The lowest BCUT2D eigenvalue weighted by molar-refractivity contribution is 0.794. The molecule has 0 radical (unpaired) electrons. The fourth-order valence-electron chi connectivity index (χ4n) is 11.3. The molecule has 0 bridgehead atoms. The van der Waals surface area contributed by atoms with Crippen molar-refractivity contribution in [2.24, 2.45) is 0 Å². The van der Waals surface area contributed by atoms with E-state index in [0.29, 0.717) is 5.82 Å². The third-order valence-corrected chi connectivity index (χ3v) is 14.3. The first-order valence-electron chi connectivity index (χ1n) is 23.3. The molecule has 0 N–H and O–H groups in total. The number of aromatic nitrogens is 4. The molecule has 9 aromatic carbocycles. The highest BCUT2D eigenvalue weighted by atomic mass is 15.2. The van der Waals surface area contributed by atoms with Crippen molar-refractivity contribution in [3.8, 4) is 89.8 Å². The second-order valence-electron chi connectivity index (χ2n) is 17.9. The summed E-state index contributed by atoms with van der Waals surface area (Å²) in [5.41, 5.74) is 22.1. The van der Waals surface area contributed by atoms with Gasteiger partial charge in [0.2, 0.25) is 0 Å². The smallest absolute Gasteiger partial charge is 0.160 e. The highest BCUT2D eigenvalue weighted by Gasteiger charge is 2.51. The summed E-state index contributed by atoms with van der Waals surface area (Å²) < 4.78 is 2.14. The molecule has 2 aliphatic carbocycles. The fourth-order valence-corrected chi connectivity index (χ4v) is 11.3. The van der Waals surface area contributed by atoms with Crippen LogP contribution < -0.4 is 0 Å². The number of hydrogen-bond acceptors (Lipinski definition) is 3. The molecule has 0 amide bonds. The molecule has 14 rings (SSSR count). The van der Waals surface area contributed by atoms with Gasteiger partial charge in [0, 0.05) is 38.8 Å². The number of hydrogen-bond donors (Lipinski definition) is 0. The van der Waals surface area contributed by atoms with E-state index in [2.05, 4.69) is 247 Å². The Hall–Kier alpha value is -8.99. The SMILES string of the molecule is c1ccc(-c2cc(-c3ccc4c(c3)C3(c5ccccc5-c5ccccc53)c3ccccc3-4)nc(-c3ccc(-c4c(-c5ccccc5)nn5c(-c6ccccc6)cc6ccccc6c45)cc3)n2)cc1. The van der Waals surface area contributed by atoms with Gasteiger partial charge in [-0.25, -0.2) is 14.5 Å². The lowest BCUT2D eigenvalue weighted by Crippen LogP contribution is -2.25. The van der Waals surface area contributed by atoms with E-state index in [0.717, 1.165) is 78.0 Å². The van der Waals surface area contributed by atoms with Crippen LogP contribution in [0.4, 0.5) is 0 Å². The third kappa shape index (κ3) is 5.64. The molecule has 3 heterocycles. The van der Waals surface area contributed by atoms with Gasteiger partial charge in [0.25, 0.3) is 0 Å². The summed E-state index contributed by atoms with van der Waals surface area (Å²) in [4.78, 5) is 10.7. The van der Waals surface area contributed by atoms with Gasteiger partial charge in [0.1, 0.15) is 5.69 Å². The van der Waals surface area contributed by atoms with E-state index < -0.39 is 5.41 Å². The average Bonchev–Trinajstić information content (AvgIpc) is 4.07. The van der Waals surface area contributed by atoms with Crippen molar-refractivity contribution in [2.45, 2.75) is 5.41 Å². The van der Waals surface area contributed by atoms with Crippen LogP contribution in [0.15, 0.2) is 243 Å². The van der Waals surface area contributed by atoms with Crippen molar-refractivity contribution in [2.75, 3.05) is 0 Å². The van der Waals surface area contributed by atoms with Crippen LogP contribution in [-0.4, -0.2) is 19.6 Å². The molecule has 0 fully saturated rings. The van der Waals surface area contributed by atoms with Crippen molar-refractivity contribution in [1.82, 2.24) is 19.6 Å². The Labute approximate surface area is 394 Å². The minimum atomic E-state index is -0.451. The van der Waals surface area contributed by atoms with Gasteiger partial charge in [-0.2, -0.15) is 5.10 Å². The maximum absolute atomic E-state index is 5.44. The number of pyridine rings is 1. The molecule has 316 valence electrons. The number of rotatable bonds is 6. The number of nitrogens with zero attached hydrogens (tertiary/aromatic N) is 4. The van der Waals surface area contributed by atoms with Gasteiger partial charge in [0.15, 0.2) is 5.82 Å². The Morgan fingerprint density at radius 3 is 1.46 bits per heavy atom. The van der Waals surface area contributed by atoms with Crippen LogP contribution in [0.3, 0.4) is 0 Å². The summed E-state index contributed by atoms with van der Waals surface area (Å²) in [6, 6.07) is 87.2. The van der Waals surface area contributed by atoms with Gasteiger partial charge in [-0.15, -0.1) is 0 Å². The third-order valence-electron chi connectivity index (χ3n) is 14.3. The first-order chi connectivity index (χ1) is 33.7. The maximum Gasteiger partial charge on any atom is 0.160 e. The van der Waals surface area contributed by atoms with Crippen LogP contribution in [0.2, 0.25) is 0 Å². The van der Waals surface area contributed by atoms with Crippen LogP contribution in [0.5, 0.6) is 0 Å². The highest BCUT2D eigenvalue weighted by Crippen LogP contribution is 2.63. The molecule has 0 unspecified atom stereocenters. The van der Waals surface area contributed by atoms with Crippen molar-refractivity contribution in [3.05, 3.63) is 265 Å². The Kier molecular flexibility index (Phi) is 8.46.